The summed E-state index contributed by atoms with van der Waals surface area (Å²) in [5, 5.41) is 0. The van der Waals surface area contributed by atoms with E-state index in [0.29, 0.717) is 0 Å². The minimum absolute atomic E-state index is 0.833. The molecule has 7 nitrogen and oxygen atoms in total. The SMILES string of the molecule is C=O.C=O.C=O.CCC.O=PO.O=PO.c1ccccc1.c1ccccc1. The van der Waals surface area contributed by atoms with Crippen molar-refractivity contribution in [3.63, 3.8) is 0 Å². The average molecular weight is 418 g/mol. The lowest BCUT2D eigenvalue weighted by atomic mass is 10.4. The maximum atomic E-state index is 8.46. The van der Waals surface area contributed by atoms with Gasteiger partial charge in [-0.15, -0.1) is 0 Å². The Morgan fingerprint density at radius 3 is 0.593 bits per heavy atom. The Hall–Kier alpha value is -2.43. The van der Waals surface area contributed by atoms with Gasteiger partial charge in [0.05, 0.1) is 0 Å². The van der Waals surface area contributed by atoms with E-state index in [2.05, 4.69) is 13.8 Å². The quantitative estimate of drug-likeness (QED) is 0.599. The van der Waals surface area contributed by atoms with Crippen LogP contribution in [0, 0.1) is 0 Å². The van der Waals surface area contributed by atoms with Gasteiger partial charge in [-0.2, -0.15) is 0 Å². The molecule has 2 N–H and O–H groups in total. The van der Waals surface area contributed by atoms with Gasteiger partial charge in [-0.05, 0) is 0 Å². The van der Waals surface area contributed by atoms with Gasteiger partial charge in [0.25, 0.3) is 0 Å². The van der Waals surface area contributed by atoms with E-state index in [1.54, 1.807) is 0 Å². The van der Waals surface area contributed by atoms with E-state index in [-0.39, 0.29) is 0 Å². The Morgan fingerprint density at radius 2 is 0.556 bits per heavy atom. The fourth-order valence-electron chi connectivity index (χ4n) is 0.770. The first kappa shape index (κ1) is 39.6. The Bertz CT molecular complexity index is 325. The van der Waals surface area contributed by atoms with E-state index in [4.69, 9.17) is 33.3 Å². The molecule has 152 valence electrons. The number of hydrogen-bond acceptors (Lipinski definition) is 5. The zero-order chi connectivity index (χ0) is 22.6. The highest BCUT2D eigenvalue weighted by Crippen LogP contribution is 1.80. The molecule has 9 heteroatoms. The highest BCUT2D eigenvalue weighted by atomic mass is 31.1. The molecule has 0 aliphatic rings. The predicted octanol–water partition coefficient (Wildman–Crippen LogP) is 4.61. The molecular weight excluding hydrogens is 390 g/mol. The van der Waals surface area contributed by atoms with Crippen LogP contribution in [0.2, 0.25) is 0 Å². The van der Waals surface area contributed by atoms with Crippen LogP contribution < -0.4 is 0 Å². The van der Waals surface area contributed by atoms with Crippen molar-refractivity contribution < 1.29 is 33.3 Å². The van der Waals surface area contributed by atoms with Gasteiger partial charge in [-0.3, -0.25) is 0 Å². The van der Waals surface area contributed by atoms with E-state index >= 15 is 0 Å². The number of hydrogen-bond donors (Lipinski definition) is 2. The second kappa shape index (κ2) is 76.0. The second-order valence-corrected chi connectivity index (χ2v) is 3.51. The van der Waals surface area contributed by atoms with Crippen molar-refractivity contribution in [3.8, 4) is 0 Å². The molecule has 0 aromatic heterocycles. The molecule has 27 heavy (non-hydrogen) atoms. The number of benzene rings is 2. The summed E-state index contributed by atoms with van der Waals surface area (Å²) in [6.45, 7) is 10.2. The summed E-state index contributed by atoms with van der Waals surface area (Å²) in [7, 11) is -1.67. The molecule has 2 rings (SSSR count). The molecule has 0 aliphatic heterocycles. The van der Waals surface area contributed by atoms with E-state index in [0.717, 1.165) is 0 Å². The molecule has 0 atom stereocenters. The Balaban J connectivity index is -0.0000000494. The van der Waals surface area contributed by atoms with Crippen molar-refractivity contribution in [2.75, 3.05) is 0 Å². The zero-order valence-electron chi connectivity index (χ0n) is 15.6. The standard InChI is InChI=1S/2C6H6.C3H8.3CH2O.2HO2P/c2*1-2-4-6-5-3-1;1-3-2;3*1-2;2*1-3-2/h2*1-6H;3H2,1-2H3;3*1H2;2*(H,1,2). The third-order valence-corrected chi connectivity index (χ3v) is 1.33. The van der Waals surface area contributed by atoms with Crippen molar-refractivity contribution in [2.24, 2.45) is 0 Å². The van der Waals surface area contributed by atoms with Crippen molar-refractivity contribution in [3.05, 3.63) is 72.8 Å². The van der Waals surface area contributed by atoms with Crippen molar-refractivity contribution in [2.45, 2.75) is 20.3 Å². The predicted molar refractivity (Wildman–Crippen MR) is 110 cm³/mol. The highest BCUT2D eigenvalue weighted by Gasteiger charge is 1.58. The Morgan fingerprint density at radius 1 is 0.519 bits per heavy atom. The van der Waals surface area contributed by atoms with Gasteiger partial charge >= 0.3 is 17.4 Å². The molecule has 0 saturated heterocycles. The van der Waals surface area contributed by atoms with Gasteiger partial charge in [-0.1, -0.05) is 93.1 Å². The fourth-order valence-corrected chi connectivity index (χ4v) is 0.770. The Labute approximate surface area is 164 Å². The molecule has 0 unspecified atom stereocenters. The number of rotatable bonds is 0. The number of carbonyl (C=O) groups is 3. The summed E-state index contributed by atoms with van der Waals surface area (Å²) in [5.74, 6) is 0. The van der Waals surface area contributed by atoms with Crippen LogP contribution in [0.4, 0.5) is 0 Å². The van der Waals surface area contributed by atoms with Crippen LogP contribution in [0.1, 0.15) is 20.3 Å². The van der Waals surface area contributed by atoms with Crippen LogP contribution in [-0.2, 0) is 23.5 Å². The summed E-state index contributed by atoms with van der Waals surface area (Å²) < 4.78 is 16.9. The average Bonchev–Trinajstić information content (AvgIpc) is 2.77. The van der Waals surface area contributed by atoms with Crippen LogP contribution in [0.5, 0.6) is 0 Å². The maximum Gasteiger partial charge on any atom is 0.324 e. The molecule has 0 aliphatic carbocycles. The second-order valence-electron chi connectivity index (χ2n) is 3.18. The normalized spacial score (nSPS) is 6.22. The van der Waals surface area contributed by atoms with Crippen LogP contribution in [0.25, 0.3) is 0 Å². The minimum atomic E-state index is -0.833. The van der Waals surface area contributed by atoms with Crippen molar-refractivity contribution in [1.29, 1.82) is 0 Å². The summed E-state index contributed by atoms with van der Waals surface area (Å²) in [6.07, 6.45) is 1.25. The van der Waals surface area contributed by atoms with E-state index in [1.165, 1.54) is 6.42 Å². The monoisotopic (exact) mass is 418 g/mol. The largest absolute Gasteiger partial charge is 0.324 e. The maximum absolute atomic E-state index is 8.46. The van der Waals surface area contributed by atoms with Gasteiger partial charge in [0.1, 0.15) is 20.4 Å². The summed E-state index contributed by atoms with van der Waals surface area (Å²) in [6, 6.07) is 24.0. The minimum Gasteiger partial charge on any atom is -0.310 e. The third-order valence-electron chi connectivity index (χ3n) is 1.33. The molecule has 0 heterocycles. The van der Waals surface area contributed by atoms with Gasteiger partial charge < -0.3 is 24.2 Å². The molecule has 0 radical (unpaired) electrons. The van der Waals surface area contributed by atoms with Crippen LogP contribution in [-0.4, -0.2) is 30.2 Å². The lowest BCUT2D eigenvalue weighted by molar-refractivity contribution is -0.0987. The van der Waals surface area contributed by atoms with Gasteiger partial charge in [-0.25, -0.2) is 9.13 Å². The molecular formula is C18H28O7P2. The fraction of sp³-hybridized carbons (Fsp3) is 0.167. The molecule has 0 saturated carbocycles. The first-order chi connectivity index (χ1) is 13.2. The third kappa shape index (κ3) is 120. The molecule has 0 fully saturated rings. The van der Waals surface area contributed by atoms with Crippen molar-refractivity contribution >= 4 is 37.7 Å². The molecule has 2 aromatic carbocycles. The summed E-state index contributed by atoms with van der Waals surface area (Å²) >= 11 is 0. The molecule has 2 aromatic rings. The summed E-state index contributed by atoms with van der Waals surface area (Å²) in [4.78, 5) is 38.0. The highest BCUT2D eigenvalue weighted by molar-refractivity contribution is 7.16. The van der Waals surface area contributed by atoms with E-state index in [9.17, 15) is 0 Å². The summed E-state index contributed by atoms with van der Waals surface area (Å²) in [5.41, 5.74) is 0. The lowest BCUT2D eigenvalue weighted by Crippen LogP contribution is -1.47. The van der Waals surface area contributed by atoms with Gasteiger partial charge in [0.2, 0.25) is 0 Å². The van der Waals surface area contributed by atoms with Crippen LogP contribution >= 0.6 is 17.4 Å². The lowest BCUT2D eigenvalue weighted by Gasteiger charge is -1.69. The first-order valence-electron chi connectivity index (χ1n) is 7.05. The zero-order valence-corrected chi connectivity index (χ0v) is 17.4. The van der Waals surface area contributed by atoms with Gasteiger partial charge in [0.15, 0.2) is 0 Å². The van der Waals surface area contributed by atoms with Crippen LogP contribution in [0.15, 0.2) is 72.8 Å². The van der Waals surface area contributed by atoms with E-state index in [1.807, 2.05) is 93.2 Å². The first-order valence-corrected chi connectivity index (χ1v) is 8.58. The van der Waals surface area contributed by atoms with Crippen molar-refractivity contribution in [1.82, 2.24) is 0 Å². The molecule has 0 bridgehead atoms. The number of carbonyl (C=O) groups excluding carboxylic acids is 3. The van der Waals surface area contributed by atoms with Crippen LogP contribution in [0.3, 0.4) is 0 Å². The smallest absolute Gasteiger partial charge is 0.310 e. The topological polar surface area (TPSA) is 126 Å². The Kier molecular flexibility index (Phi) is 111. The van der Waals surface area contributed by atoms with Gasteiger partial charge in [0, 0.05) is 0 Å². The molecule has 0 amide bonds. The van der Waals surface area contributed by atoms with E-state index < -0.39 is 17.4 Å². The molecule has 0 spiro atoms.